The SMILES string of the molecule is CCCCCCCCCCCCCCOc1cccc(NC(N)=O)c1. The number of carbonyl (C=O) groups is 1. The number of hydrogen-bond donors (Lipinski definition) is 2. The van der Waals surface area contributed by atoms with Gasteiger partial charge in [0.05, 0.1) is 6.61 Å². The molecule has 4 nitrogen and oxygen atoms in total. The zero-order valence-corrected chi connectivity index (χ0v) is 15.9. The lowest BCUT2D eigenvalue weighted by molar-refractivity contribution is 0.259. The van der Waals surface area contributed by atoms with E-state index in [1.807, 2.05) is 12.1 Å². The first-order valence-corrected chi connectivity index (χ1v) is 10.0. The number of amides is 2. The molecule has 0 saturated heterocycles. The molecule has 4 heteroatoms. The summed E-state index contributed by atoms with van der Waals surface area (Å²) in [7, 11) is 0. The lowest BCUT2D eigenvalue weighted by Crippen LogP contribution is -2.19. The summed E-state index contributed by atoms with van der Waals surface area (Å²) in [6.07, 6.45) is 16.1. The number of anilines is 1. The molecule has 0 unspecified atom stereocenters. The highest BCUT2D eigenvalue weighted by Gasteiger charge is 1.99. The van der Waals surface area contributed by atoms with Crippen LogP contribution in [0.4, 0.5) is 10.5 Å². The molecule has 1 rings (SSSR count). The molecular weight excluding hydrogens is 312 g/mol. The first-order valence-electron chi connectivity index (χ1n) is 10.0. The van der Waals surface area contributed by atoms with Crippen molar-refractivity contribution in [2.24, 2.45) is 5.73 Å². The van der Waals surface area contributed by atoms with Crippen molar-refractivity contribution in [3.63, 3.8) is 0 Å². The first kappa shape index (κ1) is 21.3. The van der Waals surface area contributed by atoms with Crippen LogP contribution in [0.5, 0.6) is 5.75 Å². The monoisotopic (exact) mass is 348 g/mol. The van der Waals surface area contributed by atoms with Crippen LogP contribution in [0.3, 0.4) is 0 Å². The highest BCUT2D eigenvalue weighted by atomic mass is 16.5. The zero-order valence-electron chi connectivity index (χ0n) is 15.9. The fraction of sp³-hybridized carbons (Fsp3) is 0.667. The maximum Gasteiger partial charge on any atom is 0.316 e. The third kappa shape index (κ3) is 12.3. The molecular formula is C21H36N2O2. The van der Waals surface area contributed by atoms with Crippen molar-refractivity contribution in [1.29, 1.82) is 0 Å². The third-order valence-electron chi connectivity index (χ3n) is 4.37. The van der Waals surface area contributed by atoms with E-state index in [-0.39, 0.29) is 0 Å². The van der Waals surface area contributed by atoms with Crippen LogP contribution < -0.4 is 15.8 Å². The van der Waals surface area contributed by atoms with Gasteiger partial charge in [-0.05, 0) is 18.6 Å². The van der Waals surface area contributed by atoms with Gasteiger partial charge in [0.1, 0.15) is 5.75 Å². The van der Waals surface area contributed by atoms with Crippen LogP contribution in [0.15, 0.2) is 24.3 Å². The van der Waals surface area contributed by atoms with E-state index in [0.717, 1.165) is 18.8 Å². The van der Waals surface area contributed by atoms with E-state index in [1.165, 1.54) is 70.6 Å². The summed E-state index contributed by atoms with van der Waals surface area (Å²) in [5, 5.41) is 2.55. The van der Waals surface area contributed by atoms with Crippen molar-refractivity contribution in [3.05, 3.63) is 24.3 Å². The quantitative estimate of drug-likeness (QED) is 0.367. The largest absolute Gasteiger partial charge is 0.494 e. The molecule has 0 heterocycles. The van der Waals surface area contributed by atoms with Crippen molar-refractivity contribution in [1.82, 2.24) is 0 Å². The highest BCUT2D eigenvalue weighted by molar-refractivity contribution is 5.87. The van der Waals surface area contributed by atoms with Gasteiger partial charge in [0, 0.05) is 11.8 Å². The van der Waals surface area contributed by atoms with Crippen LogP contribution >= 0.6 is 0 Å². The number of benzene rings is 1. The van der Waals surface area contributed by atoms with Gasteiger partial charge in [-0.1, -0.05) is 83.6 Å². The van der Waals surface area contributed by atoms with E-state index in [9.17, 15) is 4.79 Å². The average Bonchev–Trinajstić information content (AvgIpc) is 2.59. The Morgan fingerprint density at radius 3 is 2.04 bits per heavy atom. The molecule has 0 aliphatic rings. The third-order valence-corrected chi connectivity index (χ3v) is 4.37. The van der Waals surface area contributed by atoms with Gasteiger partial charge in [0.2, 0.25) is 0 Å². The number of carbonyl (C=O) groups excluding carboxylic acids is 1. The topological polar surface area (TPSA) is 64.3 Å². The minimum atomic E-state index is -0.557. The Morgan fingerprint density at radius 1 is 0.920 bits per heavy atom. The maximum absolute atomic E-state index is 10.8. The Bertz CT molecular complexity index is 463. The van der Waals surface area contributed by atoms with Gasteiger partial charge in [-0.15, -0.1) is 0 Å². The van der Waals surface area contributed by atoms with E-state index >= 15 is 0 Å². The van der Waals surface area contributed by atoms with Gasteiger partial charge in [-0.25, -0.2) is 4.79 Å². The summed E-state index contributed by atoms with van der Waals surface area (Å²) >= 11 is 0. The fourth-order valence-corrected chi connectivity index (χ4v) is 2.94. The molecule has 0 spiro atoms. The molecule has 142 valence electrons. The minimum absolute atomic E-state index is 0.557. The average molecular weight is 349 g/mol. The molecule has 0 saturated carbocycles. The molecule has 0 bridgehead atoms. The maximum atomic E-state index is 10.8. The predicted octanol–water partition coefficient (Wildman–Crippen LogP) is 6.26. The summed E-state index contributed by atoms with van der Waals surface area (Å²) in [5.41, 5.74) is 5.78. The Morgan fingerprint density at radius 2 is 1.48 bits per heavy atom. The second kappa shape index (κ2) is 14.6. The van der Waals surface area contributed by atoms with Crippen LogP contribution in [-0.4, -0.2) is 12.6 Å². The molecule has 1 aromatic carbocycles. The molecule has 25 heavy (non-hydrogen) atoms. The Kier molecular flexibility index (Phi) is 12.5. The van der Waals surface area contributed by atoms with Crippen LogP contribution in [0.2, 0.25) is 0 Å². The Balaban J connectivity index is 1.93. The number of nitrogens with two attached hydrogens (primary N) is 1. The van der Waals surface area contributed by atoms with E-state index < -0.39 is 6.03 Å². The van der Waals surface area contributed by atoms with Gasteiger partial charge >= 0.3 is 6.03 Å². The Labute approximate surface area is 153 Å². The van der Waals surface area contributed by atoms with E-state index in [1.54, 1.807) is 12.1 Å². The minimum Gasteiger partial charge on any atom is -0.494 e. The molecule has 0 aliphatic heterocycles. The number of ether oxygens (including phenoxy) is 1. The van der Waals surface area contributed by atoms with E-state index in [0.29, 0.717) is 5.69 Å². The molecule has 0 atom stereocenters. The van der Waals surface area contributed by atoms with Gasteiger partial charge < -0.3 is 15.8 Å². The predicted molar refractivity (Wildman–Crippen MR) is 106 cm³/mol. The molecule has 0 aliphatic carbocycles. The van der Waals surface area contributed by atoms with Crippen molar-refractivity contribution in [2.45, 2.75) is 84.0 Å². The molecule has 3 N–H and O–H groups in total. The lowest BCUT2D eigenvalue weighted by Gasteiger charge is -2.08. The smallest absolute Gasteiger partial charge is 0.316 e. The summed E-state index contributed by atoms with van der Waals surface area (Å²) in [6.45, 7) is 2.99. The number of rotatable bonds is 15. The van der Waals surface area contributed by atoms with Crippen molar-refractivity contribution in [3.8, 4) is 5.75 Å². The van der Waals surface area contributed by atoms with Crippen LogP contribution in [0.25, 0.3) is 0 Å². The molecule has 0 aromatic heterocycles. The normalized spacial score (nSPS) is 10.6. The summed E-state index contributed by atoms with van der Waals surface area (Å²) < 4.78 is 5.73. The van der Waals surface area contributed by atoms with Crippen LogP contribution in [-0.2, 0) is 0 Å². The van der Waals surface area contributed by atoms with Crippen LogP contribution in [0, 0.1) is 0 Å². The van der Waals surface area contributed by atoms with Crippen LogP contribution in [0.1, 0.15) is 84.0 Å². The number of unbranched alkanes of at least 4 members (excludes halogenated alkanes) is 11. The second-order valence-corrected chi connectivity index (χ2v) is 6.75. The second-order valence-electron chi connectivity index (χ2n) is 6.75. The molecule has 0 fully saturated rings. The van der Waals surface area contributed by atoms with E-state index in [2.05, 4.69) is 12.2 Å². The molecule has 0 radical (unpaired) electrons. The lowest BCUT2D eigenvalue weighted by atomic mass is 10.1. The standard InChI is InChI=1S/C21H36N2O2/c1-2-3-4-5-6-7-8-9-10-11-12-13-17-25-20-16-14-15-19(18-20)23-21(22)24/h14-16,18H,2-13,17H2,1H3,(H3,22,23,24). The highest BCUT2D eigenvalue weighted by Crippen LogP contribution is 2.18. The number of hydrogen-bond acceptors (Lipinski definition) is 2. The fourth-order valence-electron chi connectivity index (χ4n) is 2.94. The summed E-state index contributed by atoms with van der Waals surface area (Å²) in [4.78, 5) is 10.8. The van der Waals surface area contributed by atoms with E-state index in [4.69, 9.17) is 10.5 Å². The van der Waals surface area contributed by atoms with Gasteiger partial charge in [-0.3, -0.25) is 0 Å². The zero-order chi connectivity index (χ0) is 18.2. The summed E-state index contributed by atoms with van der Waals surface area (Å²) in [5.74, 6) is 0.773. The first-order chi connectivity index (χ1) is 12.2. The van der Waals surface area contributed by atoms with Crippen molar-refractivity contribution < 1.29 is 9.53 Å². The molecule has 2 amide bonds. The van der Waals surface area contributed by atoms with Gasteiger partial charge in [-0.2, -0.15) is 0 Å². The number of primary amides is 1. The van der Waals surface area contributed by atoms with Gasteiger partial charge in [0.15, 0.2) is 0 Å². The number of nitrogens with one attached hydrogen (secondary N) is 1. The van der Waals surface area contributed by atoms with Gasteiger partial charge in [0.25, 0.3) is 0 Å². The number of urea groups is 1. The summed E-state index contributed by atoms with van der Waals surface area (Å²) in [6, 6.07) is 6.78. The molecule has 1 aromatic rings. The van der Waals surface area contributed by atoms with Crippen molar-refractivity contribution >= 4 is 11.7 Å². The Hall–Kier alpha value is -1.71. The van der Waals surface area contributed by atoms with Crippen molar-refractivity contribution in [2.75, 3.05) is 11.9 Å².